The molecule has 4 heterocycles. The first-order chi connectivity index (χ1) is 13.7. The topological polar surface area (TPSA) is 78.0 Å². The lowest BCUT2D eigenvalue weighted by atomic mass is 9.83. The Bertz CT molecular complexity index is 768. The summed E-state index contributed by atoms with van der Waals surface area (Å²) >= 11 is 0. The fourth-order valence-corrected chi connectivity index (χ4v) is 4.61. The first kappa shape index (κ1) is 19.1. The molecule has 2 saturated heterocycles. The van der Waals surface area contributed by atoms with Crippen LogP contribution in [0.4, 0.5) is 0 Å². The fraction of sp³-hybridized carbons (Fsp3) is 0.619. The maximum Gasteiger partial charge on any atom is 0.223 e. The van der Waals surface area contributed by atoms with Crippen LogP contribution in [0.15, 0.2) is 24.5 Å². The molecule has 7 nitrogen and oxygen atoms in total. The molecule has 1 unspecified atom stereocenters. The summed E-state index contributed by atoms with van der Waals surface area (Å²) in [4.78, 5) is 25.7. The SMILES string of the molecule is Cc1nc(CCC(=O)N2CCC(C3CCN(Cc4cccnc4)CC3)C2)n[nH]1. The van der Waals surface area contributed by atoms with Crippen LogP contribution in [-0.4, -0.2) is 62.1 Å². The molecule has 1 amide bonds. The van der Waals surface area contributed by atoms with Crippen LogP contribution in [-0.2, 0) is 17.8 Å². The molecular formula is C21H30N6O. The molecule has 1 atom stereocenters. The zero-order valence-electron chi connectivity index (χ0n) is 16.7. The van der Waals surface area contributed by atoms with Gasteiger partial charge >= 0.3 is 0 Å². The van der Waals surface area contributed by atoms with Crippen LogP contribution in [0.3, 0.4) is 0 Å². The molecule has 0 saturated carbocycles. The van der Waals surface area contributed by atoms with E-state index in [2.05, 4.69) is 36.0 Å². The smallest absolute Gasteiger partial charge is 0.223 e. The van der Waals surface area contributed by atoms with E-state index >= 15 is 0 Å². The third-order valence-corrected chi connectivity index (χ3v) is 6.21. The minimum Gasteiger partial charge on any atom is -0.342 e. The monoisotopic (exact) mass is 382 g/mol. The van der Waals surface area contributed by atoms with Crippen LogP contribution in [0.2, 0.25) is 0 Å². The molecular weight excluding hydrogens is 352 g/mol. The lowest BCUT2D eigenvalue weighted by Crippen LogP contribution is -2.37. The number of rotatable bonds is 6. The number of likely N-dealkylation sites (tertiary alicyclic amines) is 2. The Morgan fingerprint density at radius 3 is 2.75 bits per heavy atom. The van der Waals surface area contributed by atoms with E-state index in [1.54, 1.807) is 0 Å². The van der Waals surface area contributed by atoms with Gasteiger partial charge < -0.3 is 4.90 Å². The number of hydrogen-bond acceptors (Lipinski definition) is 5. The summed E-state index contributed by atoms with van der Waals surface area (Å²) in [6.07, 6.45) is 8.55. The number of pyridine rings is 1. The molecule has 0 aliphatic carbocycles. The van der Waals surface area contributed by atoms with Crippen molar-refractivity contribution >= 4 is 5.91 Å². The van der Waals surface area contributed by atoms with E-state index in [4.69, 9.17) is 0 Å². The molecule has 2 aromatic heterocycles. The Hall–Kier alpha value is -2.28. The summed E-state index contributed by atoms with van der Waals surface area (Å²) in [5.74, 6) is 3.20. The van der Waals surface area contributed by atoms with Crippen molar-refractivity contribution in [2.24, 2.45) is 11.8 Å². The number of H-pyrrole nitrogens is 1. The Labute approximate surface area is 166 Å². The number of hydrogen-bond donors (Lipinski definition) is 1. The molecule has 2 aliphatic heterocycles. The summed E-state index contributed by atoms with van der Waals surface area (Å²) in [7, 11) is 0. The Balaban J connectivity index is 1.20. The summed E-state index contributed by atoms with van der Waals surface area (Å²) < 4.78 is 0. The Morgan fingerprint density at radius 1 is 1.21 bits per heavy atom. The van der Waals surface area contributed by atoms with E-state index in [-0.39, 0.29) is 5.91 Å². The number of amides is 1. The number of piperidine rings is 1. The normalized spacial score (nSPS) is 21.3. The third-order valence-electron chi connectivity index (χ3n) is 6.21. The van der Waals surface area contributed by atoms with Gasteiger partial charge in [0.05, 0.1) is 0 Å². The van der Waals surface area contributed by atoms with Crippen molar-refractivity contribution in [3.05, 3.63) is 41.7 Å². The second kappa shape index (κ2) is 8.82. The van der Waals surface area contributed by atoms with Crippen molar-refractivity contribution in [2.75, 3.05) is 26.2 Å². The molecule has 2 aromatic rings. The molecule has 2 fully saturated rings. The largest absolute Gasteiger partial charge is 0.342 e. The lowest BCUT2D eigenvalue weighted by molar-refractivity contribution is -0.130. The predicted molar refractivity (Wildman–Crippen MR) is 106 cm³/mol. The number of nitrogens with zero attached hydrogens (tertiary/aromatic N) is 5. The summed E-state index contributed by atoms with van der Waals surface area (Å²) in [6, 6.07) is 4.16. The second-order valence-electron chi connectivity index (χ2n) is 8.20. The van der Waals surface area contributed by atoms with Crippen LogP contribution in [0.25, 0.3) is 0 Å². The van der Waals surface area contributed by atoms with E-state index in [0.29, 0.717) is 18.8 Å². The van der Waals surface area contributed by atoms with Gasteiger partial charge in [0.2, 0.25) is 5.91 Å². The van der Waals surface area contributed by atoms with Gasteiger partial charge in [-0.25, -0.2) is 4.98 Å². The predicted octanol–water partition coefficient (Wildman–Crippen LogP) is 2.20. The molecule has 0 bridgehead atoms. The van der Waals surface area contributed by atoms with Crippen LogP contribution in [0.1, 0.15) is 42.9 Å². The van der Waals surface area contributed by atoms with Gasteiger partial charge in [-0.05, 0) is 62.7 Å². The molecule has 7 heteroatoms. The third kappa shape index (κ3) is 4.76. The molecule has 150 valence electrons. The number of nitrogens with one attached hydrogen (secondary N) is 1. The van der Waals surface area contributed by atoms with Crippen LogP contribution >= 0.6 is 0 Å². The first-order valence-corrected chi connectivity index (χ1v) is 10.4. The zero-order chi connectivity index (χ0) is 19.3. The van der Waals surface area contributed by atoms with E-state index in [0.717, 1.165) is 56.7 Å². The number of aryl methyl sites for hydroxylation is 2. The summed E-state index contributed by atoms with van der Waals surface area (Å²) in [5, 5.41) is 6.96. The van der Waals surface area contributed by atoms with Gasteiger partial charge in [0.25, 0.3) is 0 Å². The average Bonchev–Trinajstić information content (AvgIpc) is 3.37. The lowest BCUT2D eigenvalue weighted by Gasteiger charge is -2.34. The summed E-state index contributed by atoms with van der Waals surface area (Å²) in [5.41, 5.74) is 1.29. The molecule has 2 aliphatic rings. The molecule has 28 heavy (non-hydrogen) atoms. The van der Waals surface area contributed by atoms with E-state index in [1.807, 2.05) is 25.4 Å². The van der Waals surface area contributed by atoms with Gasteiger partial charge in [-0.3, -0.25) is 19.8 Å². The summed E-state index contributed by atoms with van der Waals surface area (Å²) in [6.45, 7) is 7.01. The van der Waals surface area contributed by atoms with Gasteiger partial charge in [0, 0.05) is 44.9 Å². The minimum absolute atomic E-state index is 0.249. The number of carbonyl (C=O) groups is 1. The van der Waals surface area contributed by atoms with Crippen molar-refractivity contribution in [1.29, 1.82) is 0 Å². The van der Waals surface area contributed by atoms with Crippen LogP contribution in [0.5, 0.6) is 0 Å². The number of aromatic amines is 1. The second-order valence-corrected chi connectivity index (χ2v) is 8.20. The van der Waals surface area contributed by atoms with E-state index in [9.17, 15) is 4.79 Å². The minimum atomic E-state index is 0.249. The zero-order valence-corrected chi connectivity index (χ0v) is 16.7. The Kier molecular flexibility index (Phi) is 6.00. The van der Waals surface area contributed by atoms with Gasteiger partial charge in [-0.2, -0.15) is 5.10 Å². The van der Waals surface area contributed by atoms with Gasteiger partial charge in [0.15, 0.2) is 5.82 Å². The first-order valence-electron chi connectivity index (χ1n) is 10.4. The molecule has 1 N–H and O–H groups in total. The standard InChI is InChI=1S/C21H30N6O/c1-16-23-20(25-24-16)4-5-21(28)27-12-8-19(15-27)18-6-10-26(11-7-18)14-17-3-2-9-22-13-17/h2-3,9,13,18-19H,4-8,10-12,14-15H2,1H3,(H,23,24,25). The van der Waals surface area contributed by atoms with Crippen molar-refractivity contribution in [3.63, 3.8) is 0 Å². The van der Waals surface area contributed by atoms with Crippen molar-refractivity contribution in [1.82, 2.24) is 30.0 Å². The maximum absolute atomic E-state index is 12.6. The molecule has 0 radical (unpaired) electrons. The van der Waals surface area contributed by atoms with Gasteiger partial charge in [-0.15, -0.1) is 0 Å². The highest BCUT2D eigenvalue weighted by Gasteiger charge is 2.33. The molecule has 0 spiro atoms. The van der Waals surface area contributed by atoms with Crippen LogP contribution in [0, 0.1) is 18.8 Å². The highest BCUT2D eigenvalue weighted by Crippen LogP contribution is 2.32. The quantitative estimate of drug-likeness (QED) is 0.829. The van der Waals surface area contributed by atoms with E-state index < -0.39 is 0 Å². The van der Waals surface area contributed by atoms with Crippen molar-refractivity contribution in [2.45, 2.75) is 45.6 Å². The number of carbonyl (C=O) groups excluding carboxylic acids is 1. The van der Waals surface area contributed by atoms with E-state index in [1.165, 1.54) is 18.4 Å². The van der Waals surface area contributed by atoms with Crippen LogP contribution < -0.4 is 0 Å². The molecule has 0 aromatic carbocycles. The maximum atomic E-state index is 12.6. The average molecular weight is 383 g/mol. The fourth-order valence-electron chi connectivity index (χ4n) is 4.61. The van der Waals surface area contributed by atoms with Gasteiger partial charge in [0.1, 0.15) is 5.82 Å². The van der Waals surface area contributed by atoms with Crippen molar-refractivity contribution in [3.8, 4) is 0 Å². The Morgan fingerprint density at radius 2 is 2.04 bits per heavy atom. The molecule has 4 rings (SSSR count). The highest BCUT2D eigenvalue weighted by molar-refractivity contribution is 5.76. The van der Waals surface area contributed by atoms with Crippen molar-refractivity contribution < 1.29 is 4.79 Å². The van der Waals surface area contributed by atoms with Gasteiger partial charge in [-0.1, -0.05) is 6.07 Å². The highest BCUT2D eigenvalue weighted by atomic mass is 16.2. The number of aromatic nitrogens is 4.